The van der Waals surface area contributed by atoms with Crippen molar-refractivity contribution in [2.24, 2.45) is 0 Å². The Balaban J connectivity index is 1.42. The lowest BCUT2D eigenvalue weighted by atomic mass is 9.69. The van der Waals surface area contributed by atoms with E-state index in [9.17, 15) is 12.6 Å². The van der Waals surface area contributed by atoms with Gasteiger partial charge in [-0.15, -0.1) is 11.3 Å². The first-order valence-corrected chi connectivity index (χ1v) is 16.2. The number of nitrogens with zero attached hydrogens (tertiary/aromatic N) is 1. The van der Waals surface area contributed by atoms with Gasteiger partial charge in [0.25, 0.3) is 10.0 Å². The summed E-state index contributed by atoms with van der Waals surface area (Å²) in [5.74, 6) is -0.0403. The van der Waals surface area contributed by atoms with Crippen molar-refractivity contribution in [2.45, 2.75) is 51.4 Å². The fourth-order valence-electron chi connectivity index (χ4n) is 5.86. The van der Waals surface area contributed by atoms with Gasteiger partial charge in [-0.05, 0) is 85.5 Å². The Morgan fingerprint density at radius 2 is 1.83 bits per heavy atom. The minimum Gasteiger partial charge on any atom is -0.317 e. The van der Waals surface area contributed by atoms with Gasteiger partial charge in [0.2, 0.25) is 0 Å². The van der Waals surface area contributed by atoms with Crippen molar-refractivity contribution in [1.29, 1.82) is 0 Å². The van der Waals surface area contributed by atoms with Gasteiger partial charge in [0.15, 0.2) is 0 Å². The van der Waals surface area contributed by atoms with Crippen LogP contribution in [0.4, 0.5) is 0 Å². The number of nitrogens with one attached hydrogen (secondary N) is 1. The third-order valence-corrected chi connectivity index (χ3v) is 13.2. The maximum atomic E-state index is 13.8. The van der Waals surface area contributed by atoms with E-state index < -0.39 is 20.8 Å². The Kier molecular flexibility index (Phi) is 7.73. The van der Waals surface area contributed by atoms with E-state index in [2.05, 4.69) is 17.4 Å². The van der Waals surface area contributed by atoms with Crippen LogP contribution in [0, 0.1) is 0 Å². The number of thiophene rings is 1. The zero-order valence-corrected chi connectivity index (χ0v) is 23.4. The molecular weight excluding hydrogens is 532 g/mol. The van der Waals surface area contributed by atoms with Gasteiger partial charge in [-0.1, -0.05) is 48.0 Å². The molecule has 2 aromatic carbocycles. The van der Waals surface area contributed by atoms with Crippen LogP contribution < -0.4 is 5.32 Å². The number of hydrogen-bond acceptors (Lipinski definition) is 5. The fraction of sp³-hybridized carbons (Fsp3) is 0.407. The monoisotopic (exact) mass is 562 g/mol. The average Bonchev–Trinajstić information content (AvgIpc) is 3.51. The second-order valence-electron chi connectivity index (χ2n) is 9.73. The topological polar surface area (TPSA) is 66.5 Å². The van der Waals surface area contributed by atoms with Crippen molar-refractivity contribution in [3.63, 3.8) is 0 Å². The lowest BCUT2D eigenvalue weighted by molar-refractivity contribution is 0.285. The molecule has 1 aromatic heterocycles. The highest BCUT2D eigenvalue weighted by Gasteiger charge is 2.51. The number of fused-ring (bicyclic) bond motifs is 2. The summed E-state index contributed by atoms with van der Waals surface area (Å²) in [6.45, 7) is 2.19. The van der Waals surface area contributed by atoms with Gasteiger partial charge in [-0.3, -0.25) is 4.21 Å². The zero-order valence-electron chi connectivity index (χ0n) is 20.2. The number of rotatable bonds is 8. The van der Waals surface area contributed by atoms with E-state index >= 15 is 0 Å². The summed E-state index contributed by atoms with van der Waals surface area (Å²) in [6.07, 6.45) is 3.45. The van der Waals surface area contributed by atoms with E-state index in [-0.39, 0.29) is 16.6 Å². The standard InChI is InChI=1S/C27H31ClN2O3S3/c1-30(36(32,33)26-7-4-18-34-26)19-21(20-8-11-22(28)12-9-20)10-13-25-27(14-16-29-17-15-27)23-5-2-3-6-24(23)35(25)31/h2-9,11-12,18,21,25,29H,10,13-17,19H2,1H3/t21-,25?,35?/m0/s1. The molecule has 2 unspecified atom stereocenters. The second-order valence-corrected chi connectivity index (χ2v) is 15.0. The Morgan fingerprint density at radius 3 is 2.53 bits per heavy atom. The molecule has 1 spiro atoms. The Morgan fingerprint density at radius 1 is 1.11 bits per heavy atom. The number of piperidine rings is 1. The maximum Gasteiger partial charge on any atom is 0.252 e. The third kappa shape index (κ3) is 4.84. The number of hydrogen-bond donors (Lipinski definition) is 1. The van der Waals surface area contributed by atoms with E-state index in [0.717, 1.165) is 49.2 Å². The molecule has 36 heavy (non-hydrogen) atoms. The summed E-state index contributed by atoms with van der Waals surface area (Å²) in [4.78, 5) is 0.977. The lowest BCUT2D eigenvalue weighted by Gasteiger charge is -2.39. The summed E-state index contributed by atoms with van der Waals surface area (Å²) in [7, 11) is -3.00. The summed E-state index contributed by atoms with van der Waals surface area (Å²) in [5.41, 5.74) is 2.20. The Labute approximate surface area is 225 Å². The van der Waals surface area contributed by atoms with E-state index in [4.69, 9.17) is 11.6 Å². The predicted octanol–water partition coefficient (Wildman–Crippen LogP) is 5.40. The van der Waals surface area contributed by atoms with Crippen LogP contribution in [0.1, 0.15) is 42.7 Å². The van der Waals surface area contributed by atoms with Crippen molar-refractivity contribution in [3.8, 4) is 0 Å². The molecule has 3 heterocycles. The van der Waals surface area contributed by atoms with Crippen molar-refractivity contribution < 1.29 is 12.6 Å². The van der Waals surface area contributed by atoms with Crippen LogP contribution in [0.5, 0.6) is 0 Å². The van der Waals surface area contributed by atoms with E-state index in [1.165, 1.54) is 21.2 Å². The van der Waals surface area contributed by atoms with Gasteiger partial charge in [0.1, 0.15) is 4.21 Å². The molecular formula is C27H31ClN2O3S3. The number of halogens is 1. The maximum absolute atomic E-state index is 13.8. The molecule has 0 saturated carbocycles. The van der Waals surface area contributed by atoms with Crippen molar-refractivity contribution in [2.75, 3.05) is 26.7 Å². The van der Waals surface area contributed by atoms with Gasteiger partial charge in [0.05, 0.1) is 10.8 Å². The molecule has 1 saturated heterocycles. The number of likely N-dealkylation sites (N-methyl/N-ethyl adjacent to an activating group) is 1. The smallest absolute Gasteiger partial charge is 0.252 e. The molecule has 1 N–H and O–H groups in total. The van der Waals surface area contributed by atoms with Gasteiger partial charge in [-0.2, -0.15) is 4.31 Å². The molecule has 192 valence electrons. The SMILES string of the molecule is CN(C[C@H](CCC1S(=O)c2ccccc2C12CCNCC2)c1ccc(Cl)cc1)S(=O)(=O)c1cccs1. The normalized spacial score (nSPS) is 22.1. The van der Waals surface area contributed by atoms with Gasteiger partial charge in [0, 0.05) is 34.2 Å². The molecule has 5 rings (SSSR count). The van der Waals surface area contributed by atoms with Crippen LogP contribution in [-0.4, -0.2) is 48.9 Å². The Bertz CT molecular complexity index is 1320. The number of sulfonamides is 1. The molecule has 3 aromatic rings. The van der Waals surface area contributed by atoms with E-state index in [1.807, 2.05) is 36.4 Å². The van der Waals surface area contributed by atoms with Crippen LogP contribution in [0.3, 0.4) is 0 Å². The summed E-state index contributed by atoms with van der Waals surface area (Å²) >= 11 is 7.39. The van der Waals surface area contributed by atoms with E-state index in [1.54, 1.807) is 24.6 Å². The summed E-state index contributed by atoms with van der Waals surface area (Å²) < 4.78 is 41.9. The van der Waals surface area contributed by atoms with Crippen LogP contribution in [-0.2, 0) is 26.2 Å². The highest BCUT2D eigenvalue weighted by atomic mass is 35.5. The molecule has 0 bridgehead atoms. The molecule has 0 amide bonds. The molecule has 2 aliphatic heterocycles. The molecule has 9 heteroatoms. The minimum absolute atomic E-state index is 0.0195. The van der Waals surface area contributed by atoms with Crippen LogP contribution in [0.15, 0.2) is 75.1 Å². The van der Waals surface area contributed by atoms with Gasteiger partial charge >= 0.3 is 0 Å². The molecule has 0 radical (unpaired) electrons. The van der Waals surface area contributed by atoms with Crippen LogP contribution >= 0.6 is 22.9 Å². The minimum atomic E-state index is -3.57. The van der Waals surface area contributed by atoms with Crippen molar-refractivity contribution in [1.82, 2.24) is 9.62 Å². The molecule has 1 fully saturated rings. The first-order valence-electron chi connectivity index (χ1n) is 12.3. The Hall–Kier alpha value is -1.55. The van der Waals surface area contributed by atoms with E-state index in [0.29, 0.717) is 15.8 Å². The highest BCUT2D eigenvalue weighted by Crippen LogP contribution is 2.50. The highest BCUT2D eigenvalue weighted by molar-refractivity contribution is 7.91. The van der Waals surface area contributed by atoms with Crippen LogP contribution in [0.2, 0.25) is 5.02 Å². The van der Waals surface area contributed by atoms with Crippen molar-refractivity contribution in [3.05, 3.63) is 82.2 Å². The number of benzene rings is 2. The first-order chi connectivity index (χ1) is 17.3. The molecule has 3 atom stereocenters. The van der Waals surface area contributed by atoms with Gasteiger partial charge in [-0.25, -0.2) is 8.42 Å². The predicted molar refractivity (Wildman–Crippen MR) is 148 cm³/mol. The zero-order chi connectivity index (χ0) is 25.3. The second kappa shape index (κ2) is 10.7. The largest absolute Gasteiger partial charge is 0.317 e. The molecule has 5 nitrogen and oxygen atoms in total. The summed E-state index contributed by atoms with van der Waals surface area (Å²) in [5, 5.41) is 5.92. The van der Waals surface area contributed by atoms with Crippen LogP contribution in [0.25, 0.3) is 0 Å². The quantitative estimate of drug-likeness (QED) is 0.399. The first kappa shape index (κ1) is 26.1. The average molecular weight is 563 g/mol. The summed E-state index contributed by atoms with van der Waals surface area (Å²) in [6, 6.07) is 19.3. The third-order valence-electron chi connectivity index (χ3n) is 7.77. The van der Waals surface area contributed by atoms with Gasteiger partial charge < -0.3 is 5.32 Å². The molecule has 2 aliphatic rings. The molecule has 0 aliphatic carbocycles. The fourth-order valence-corrected chi connectivity index (χ4v) is 10.5. The lowest BCUT2D eigenvalue weighted by Crippen LogP contribution is -2.46. The van der Waals surface area contributed by atoms with Crippen molar-refractivity contribution >= 4 is 43.8 Å².